The van der Waals surface area contributed by atoms with Gasteiger partial charge < -0.3 is 14.2 Å². The van der Waals surface area contributed by atoms with Crippen LogP contribution in [0.4, 0.5) is 20.2 Å². The van der Waals surface area contributed by atoms with Crippen LogP contribution in [0.5, 0.6) is 0 Å². The maximum Gasteiger partial charge on any atom is 0.200 e. The highest BCUT2D eigenvalue weighted by Gasteiger charge is 2.21. The first-order valence-corrected chi connectivity index (χ1v) is 10.5. The zero-order valence-electron chi connectivity index (χ0n) is 16.3. The molecule has 0 atom stereocenters. The van der Waals surface area contributed by atoms with Crippen LogP contribution < -0.4 is 15.2 Å². The molecule has 0 radical (unpaired) electrons. The lowest BCUT2D eigenvalue weighted by molar-refractivity contribution is 0.555. The molecule has 2 aliphatic heterocycles. The Bertz CT molecular complexity index is 1040. The summed E-state index contributed by atoms with van der Waals surface area (Å²) in [5.74, 6) is -0.868. The molecule has 5 rings (SSSR count). The highest BCUT2D eigenvalue weighted by atomic mass is 19.1. The topological polar surface area (TPSA) is 36.7 Å². The molecule has 0 N–H and O–H groups in total. The Morgan fingerprint density at radius 1 is 0.655 bits per heavy atom. The lowest BCUT2D eigenvalue weighted by Crippen LogP contribution is -2.30. The highest BCUT2D eigenvalue weighted by Crippen LogP contribution is 2.32. The normalized spacial score (nSPS) is 18.0. The van der Waals surface area contributed by atoms with E-state index in [1.54, 1.807) is 12.1 Å². The van der Waals surface area contributed by atoms with Crippen molar-refractivity contribution in [3.05, 3.63) is 46.1 Å². The molecule has 2 saturated heterocycles. The molecule has 152 valence electrons. The maximum atomic E-state index is 14.8. The van der Waals surface area contributed by atoms with Gasteiger partial charge in [0.15, 0.2) is 0 Å². The Morgan fingerprint density at radius 2 is 1.07 bits per heavy atom. The summed E-state index contributed by atoms with van der Waals surface area (Å²) in [6.07, 6.45) is 6.40. The summed E-state index contributed by atoms with van der Waals surface area (Å²) in [5.41, 5.74) is 1.24. The van der Waals surface area contributed by atoms with Gasteiger partial charge in [-0.25, -0.2) is 8.78 Å². The third-order valence-corrected chi connectivity index (χ3v) is 6.20. The molecule has 29 heavy (non-hydrogen) atoms. The van der Waals surface area contributed by atoms with E-state index in [4.69, 9.17) is 4.42 Å². The van der Waals surface area contributed by atoms with Crippen molar-refractivity contribution in [2.24, 2.45) is 0 Å². The summed E-state index contributed by atoms with van der Waals surface area (Å²) in [7, 11) is 0. The number of fused-ring (bicyclic) bond motifs is 2. The fraction of sp³-hybridized carbons (Fsp3) is 0.435. The lowest BCUT2D eigenvalue weighted by Gasteiger charge is -2.29. The van der Waals surface area contributed by atoms with Crippen molar-refractivity contribution in [2.45, 2.75) is 38.5 Å². The van der Waals surface area contributed by atoms with E-state index in [0.717, 1.165) is 64.7 Å². The molecular formula is C23H24F2N2O2. The summed E-state index contributed by atoms with van der Waals surface area (Å²) in [5, 5.41) is 0.307. The van der Waals surface area contributed by atoms with Crippen LogP contribution in [0, 0.1) is 11.6 Å². The second-order valence-electron chi connectivity index (χ2n) is 8.13. The lowest BCUT2D eigenvalue weighted by atomic mass is 10.1. The van der Waals surface area contributed by atoms with Crippen molar-refractivity contribution >= 4 is 33.3 Å². The molecule has 0 bridgehead atoms. The molecule has 0 aliphatic carbocycles. The van der Waals surface area contributed by atoms with Gasteiger partial charge in [0.1, 0.15) is 22.8 Å². The minimum Gasteiger partial charge on any atom is -0.456 e. The molecule has 6 heteroatoms. The van der Waals surface area contributed by atoms with E-state index in [9.17, 15) is 13.6 Å². The smallest absolute Gasteiger partial charge is 0.200 e. The number of rotatable bonds is 2. The Morgan fingerprint density at radius 3 is 1.48 bits per heavy atom. The first kappa shape index (κ1) is 18.4. The van der Waals surface area contributed by atoms with E-state index in [2.05, 4.69) is 0 Å². The highest BCUT2D eigenvalue weighted by molar-refractivity contribution is 5.92. The largest absolute Gasteiger partial charge is 0.456 e. The molecule has 0 spiro atoms. The zero-order chi connectivity index (χ0) is 20.0. The Balaban J connectivity index is 1.66. The minimum absolute atomic E-state index is 0.154. The summed E-state index contributed by atoms with van der Waals surface area (Å²) in [4.78, 5) is 17.0. The van der Waals surface area contributed by atoms with Gasteiger partial charge >= 0.3 is 0 Å². The summed E-state index contributed by atoms with van der Waals surface area (Å²) >= 11 is 0. The van der Waals surface area contributed by atoms with Gasteiger partial charge in [0, 0.05) is 38.3 Å². The number of halogens is 2. The standard InChI is InChI=1S/C23H24F2N2O2/c24-17-11-15-21(13-19(17)26-7-3-1-4-8-26)29-22-14-20(27-9-5-2-6-10-27)18(25)12-16(22)23(15)28/h11-14H,1-10H2. The van der Waals surface area contributed by atoms with Crippen molar-refractivity contribution in [1.82, 2.24) is 0 Å². The molecule has 3 aromatic rings. The van der Waals surface area contributed by atoms with Crippen LogP contribution in [0.25, 0.3) is 21.9 Å². The number of piperidine rings is 2. The van der Waals surface area contributed by atoms with Crippen molar-refractivity contribution in [3.8, 4) is 0 Å². The molecule has 0 amide bonds. The Kier molecular flexibility index (Phi) is 4.64. The monoisotopic (exact) mass is 398 g/mol. The fourth-order valence-corrected chi connectivity index (χ4v) is 4.63. The first-order valence-electron chi connectivity index (χ1n) is 10.5. The van der Waals surface area contributed by atoms with Crippen LogP contribution in [-0.2, 0) is 0 Å². The Labute approximate surface area is 167 Å². The molecule has 0 unspecified atom stereocenters. The third kappa shape index (κ3) is 3.24. The van der Waals surface area contributed by atoms with E-state index >= 15 is 0 Å². The molecule has 1 aromatic heterocycles. The average molecular weight is 398 g/mol. The van der Waals surface area contributed by atoms with Crippen LogP contribution >= 0.6 is 0 Å². The average Bonchev–Trinajstić information content (AvgIpc) is 2.75. The van der Waals surface area contributed by atoms with E-state index in [1.807, 2.05) is 9.80 Å². The van der Waals surface area contributed by atoms with Gasteiger partial charge in [0.05, 0.1) is 22.1 Å². The van der Waals surface area contributed by atoms with Crippen molar-refractivity contribution in [1.29, 1.82) is 0 Å². The number of anilines is 2. The number of nitrogens with zero attached hydrogens (tertiary/aromatic N) is 2. The summed E-state index contributed by atoms with van der Waals surface area (Å²) < 4.78 is 35.5. The summed E-state index contributed by atoms with van der Waals surface area (Å²) in [6, 6.07) is 5.73. The van der Waals surface area contributed by atoms with Crippen LogP contribution in [-0.4, -0.2) is 26.2 Å². The second kappa shape index (κ2) is 7.32. The molecule has 4 nitrogen and oxygen atoms in total. The van der Waals surface area contributed by atoms with E-state index in [1.165, 1.54) is 12.1 Å². The van der Waals surface area contributed by atoms with Gasteiger partial charge in [0.25, 0.3) is 0 Å². The van der Waals surface area contributed by atoms with Crippen LogP contribution in [0.1, 0.15) is 38.5 Å². The van der Waals surface area contributed by atoms with Gasteiger partial charge in [-0.2, -0.15) is 0 Å². The number of hydrogen-bond donors (Lipinski definition) is 0. The van der Waals surface area contributed by atoms with Gasteiger partial charge in [0.2, 0.25) is 5.43 Å². The molecule has 0 saturated carbocycles. The van der Waals surface area contributed by atoms with Crippen LogP contribution in [0.3, 0.4) is 0 Å². The third-order valence-electron chi connectivity index (χ3n) is 6.20. The number of benzene rings is 2. The molecule has 2 fully saturated rings. The quantitative estimate of drug-likeness (QED) is 0.556. The predicted molar refractivity (Wildman–Crippen MR) is 112 cm³/mol. The van der Waals surface area contributed by atoms with Gasteiger partial charge in [-0.1, -0.05) is 0 Å². The van der Waals surface area contributed by atoms with Gasteiger partial charge in [-0.15, -0.1) is 0 Å². The summed E-state index contributed by atoms with van der Waals surface area (Å²) in [6.45, 7) is 3.18. The van der Waals surface area contributed by atoms with E-state index in [0.29, 0.717) is 22.5 Å². The first-order chi connectivity index (χ1) is 14.1. The number of hydrogen-bond acceptors (Lipinski definition) is 4. The van der Waals surface area contributed by atoms with Crippen molar-refractivity contribution in [2.75, 3.05) is 36.0 Å². The van der Waals surface area contributed by atoms with Crippen LogP contribution in [0.15, 0.2) is 33.5 Å². The fourth-order valence-electron chi connectivity index (χ4n) is 4.63. The Hall–Kier alpha value is -2.63. The molecule has 2 aromatic carbocycles. The minimum atomic E-state index is -0.434. The zero-order valence-corrected chi connectivity index (χ0v) is 16.3. The molecule has 3 heterocycles. The molecular weight excluding hydrogens is 374 g/mol. The van der Waals surface area contributed by atoms with Crippen molar-refractivity contribution in [3.63, 3.8) is 0 Å². The van der Waals surface area contributed by atoms with Crippen molar-refractivity contribution < 1.29 is 13.2 Å². The van der Waals surface area contributed by atoms with E-state index < -0.39 is 17.1 Å². The second-order valence-corrected chi connectivity index (χ2v) is 8.13. The maximum absolute atomic E-state index is 14.8. The van der Waals surface area contributed by atoms with Crippen LogP contribution in [0.2, 0.25) is 0 Å². The van der Waals surface area contributed by atoms with E-state index in [-0.39, 0.29) is 10.8 Å². The van der Waals surface area contributed by atoms with Gasteiger partial charge in [-0.05, 0) is 50.7 Å². The van der Waals surface area contributed by atoms with Gasteiger partial charge in [-0.3, -0.25) is 4.79 Å². The SMILES string of the molecule is O=c1c2cc(F)c(N3CCCCC3)cc2oc2cc(N3CCCCC3)c(F)cc12. The molecule has 2 aliphatic rings. The predicted octanol–water partition coefficient (Wildman–Crippen LogP) is 5.21.